The van der Waals surface area contributed by atoms with Crippen LogP contribution in [0.5, 0.6) is 0 Å². The van der Waals surface area contributed by atoms with Crippen LogP contribution in [0.25, 0.3) is 11.3 Å². The number of anilines is 2. The predicted molar refractivity (Wildman–Crippen MR) is 107 cm³/mol. The normalized spacial score (nSPS) is 10.6. The average Bonchev–Trinajstić information content (AvgIpc) is 2.98. The molecule has 0 fully saturated rings. The van der Waals surface area contributed by atoms with Crippen LogP contribution in [0.1, 0.15) is 11.1 Å². The third-order valence-corrected chi connectivity index (χ3v) is 5.70. The van der Waals surface area contributed by atoms with Crippen LogP contribution in [0.3, 0.4) is 0 Å². The number of hydrogen-bond acceptors (Lipinski definition) is 5. The fraction of sp³-hybridized carbons (Fsp3) is 0.158. The van der Waals surface area contributed by atoms with E-state index in [0.717, 1.165) is 32.4 Å². The molecule has 1 amide bonds. The lowest BCUT2D eigenvalue weighted by Gasteiger charge is -2.08. The lowest BCUT2D eigenvalue weighted by molar-refractivity contribution is -0.113. The Morgan fingerprint density at radius 3 is 2.72 bits per heavy atom. The molecule has 128 valence electrons. The fourth-order valence-electron chi connectivity index (χ4n) is 2.36. The first-order valence-electron chi connectivity index (χ1n) is 7.84. The lowest BCUT2D eigenvalue weighted by Crippen LogP contribution is -2.14. The molecular formula is C19H19N3OS2. The first kappa shape index (κ1) is 17.5. The summed E-state index contributed by atoms with van der Waals surface area (Å²) in [5.74, 6) is 0.253. The van der Waals surface area contributed by atoms with Gasteiger partial charge in [0.25, 0.3) is 0 Å². The summed E-state index contributed by atoms with van der Waals surface area (Å²) in [6, 6.07) is 15.8. The number of rotatable bonds is 5. The van der Waals surface area contributed by atoms with Crippen LogP contribution in [0.2, 0.25) is 0 Å². The van der Waals surface area contributed by atoms with Gasteiger partial charge < -0.3 is 11.1 Å². The second-order valence-electron chi connectivity index (χ2n) is 5.71. The van der Waals surface area contributed by atoms with E-state index in [1.807, 2.05) is 62.4 Å². The Morgan fingerprint density at radius 2 is 1.96 bits per heavy atom. The van der Waals surface area contributed by atoms with Crippen LogP contribution in [0.4, 0.5) is 10.7 Å². The molecular weight excluding hydrogens is 350 g/mol. The van der Waals surface area contributed by atoms with Gasteiger partial charge in [-0.05, 0) is 31.0 Å². The van der Waals surface area contributed by atoms with Crippen molar-refractivity contribution in [1.29, 1.82) is 0 Å². The zero-order chi connectivity index (χ0) is 17.8. The number of carbonyl (C=O) groups is 1. The van der Waals surface area contributed by atoms with Gasteiger partial charge in [0, 0.05) is 11.3 Å². The van der Waals surface area contributed by atoms with Crippen LogP contribution in [-0.2, 0) is 4.79 Å². The maximum Gasteiger partial charge on any atom is 0.234 e. The standard InChI is InChI=1S/C19H19N3OS2/c1-12-8-9-13(2)15(10-12)21-16(23)11-24-19-22-17(18(20)25-19)14-6-4-3-5-7-14/h3-10H,11,20H2,1-2H3,(H,21,23). The molecule has 0 aliphatic carbocycles. The van der Waals surface area contributed by atoms with Gasteiger partial charge >= 0.3 is 0 Å². The maximum atomic E-state index is 12.2. The maximum absolute atomic E-state index is 12.2. The Labute approximate surface area is 155 Å². The number of aryl methyl sites for hydroxylation is 2. The van der Waals surface area contributed by atoms with E-state index in [0.29, 0.717) is 10.8 Å². The Morgan fingerprint density at radius 1 is 1.20 bits per heavy atom. The van der Waals surface area contributed by atoms with Crippen molar-refractivity contribution in [2.75, 3.05) is 16.8 Å². The van der Waals surface area contributed by atoms with Crippen molar-refractivity contribution in [2.24, 2.45) is 0 Å². The zero-order valence-corrected chi connectivity index (χ0v) is 15.7. The topological polar surface area (TPSA) is 68.0 Å². The number of nitrogens with zero attached hydrogens (tertiary/aromatic N) is 1. The van der Waals surface area contributed by atoms with Crippen molar-refractivity contribution in [2.45, 2.75) is 18.2 Å². The number of thioether (sulfide) groups is 1. The molecule has 0 unspecified atom stereocenters. The molecule has 2 aromatic carbocycles. The summed E-state index contributed by atoms with van der Waals surface area (Å²) in [7, 11) is 0. The first-order chi connectivity index (χ1) is 12.0. The van der Waals surface area contributed by atoms with E-state index in [2.05, 4.69) is 10.3 Å². The fourth-order valence-corrected chi connectivity index (χ4v) is 4.11. The highest BCUT2D eigenvalue weighted by Gasteiger charge is 2.13. The summed E-state index contributed by atoms with van der Waals surface area (Å²) in [4.78, 5) is 16.8. The molecule has 3 aromatic rings. The Kier molecular flexibility index (Phi) is 5.40. The average molecular weight is 370 g/mol. The second kappa shape index (κ2) is 7.72. The van der Waals surface area contributed by atoms with Crippen LogP contribution in [-0.4, -0.2) is 16.6 Å². The monoisotopic (exact) mass is 369 g/mol. The van der Waals surface area contributed by atoms with Crippen molar-refractivity contribution in [3.8, 4) is 11.3 Å². The van der Waals surface area contributed by atoms with Gasteiger partial charge in [0.15, 0.2) is 4.34 Å². The first-order valence-corrected chi connectivity index (χ1v) is 9.65. The molecule has 1 heterocycles. The summed E-state index contributed by atoms with van der Waals surface area (Å²) in [6.07, 6.45) is 0. The molecule has 0 spiro atoms. The Balaban J connectivity index is 1.64. The van der Waals surface area contributed by atoms with Crippen molar-refractivity contribution < 1.29 is 4.79 Å². The van der Waals surface area contributed by atoms with Crippen molar-refractivity contribution >= 4 is 39.7 Å². The zero-order valence-electron chi connectivity index (χ0n) is 14.1. The highest BCUT2D eigenvalue weighted by Crippen LogP contribution is 2.35. The summed E-state index contributed by atoms with van der Waals surface area (Å²) < 4.78 is 0.799. The highest BCUT2D eigenvalue weighted by atomic mass is 32.2. The van der Waals surface area contributed by atoms with E-state index in [9.17, 15) is 4.79 Å². The molecule has 0 aliphatic heterocycles. The SMILES string of the molecule is Cc1ccc(C)c(NC(=O)CSc2nc(-c3ccccc3)c(N)s2)c1. The third kappa shape index (κ3) is 4.41. The molecule has 0 radical (unpaired) electrons. The smallest absolute Gasteiger partial charge is 0.234 e. The molecule has 1 aromatic heterocycles. The van der Waals surface area contributed by atoms with Gasteiger partial charge in [-0.1, -0.05) is 65.6 Å². The second-order valence-corrected chi connectivity index (χ2v) is 7.97. The number of carbonyl (C=O) groups excluding carboxylic acids is 1. The van der Waals surface area contributed by atoms with Crippen molar-refractivity contribution in [3.63, 3.8) is 0 Å². The van der Waals surface area contributed by atoms with E-state index in [1.165, 1.54) is 23.1 Å². The summed E-state index contributed by atoms with van der Waals surface area (Å²) in [5.41, 5.74) is 10.9. The number of thiazole rings is 1. The Hall–Kier alpha value is -2.31. The number of hydrogen-bond donors (Lipinski definition) is 2. The largest absolute Gasteiger partial charge is 0.389 e. The molecule has 6 heteroatoms. The van der Waals surface area contributed by atoms with Gasteiger partial charge in [-0.25, -0.2) is 4.98 Å². The van der Waals surface area contributed by atoms with E-state index in [1.54, 1.807) is 0 Å². The van der Waals surface area contributed by atoms with Gasteiger partial charge in [0.2, 0.25) is 5.91 Å². The third-order valence-electron chi connectivity index (χ3n) is 3.67. The Bertz CT molecular complexity index is 891. The van der Waals surface area contributed by atoms with Gasteiger partial charge in [0.1, 0.15) is 10.7 Å². The van der Waals surface area contributed by atoms with Crippen LogP contribution in [0.15, 0.2) is 52.9 Å². The molecule has 25 heavy (non-hydrogen) atoms. The van der Waals surface area contributed by atoms with E-state index < -0.39 is 0 Å². The molecule has 0 bridgehead atoms. The number of benzene rings is 2. The number of aromatic nitrogens is 1. The molecule has 0 atom stereocenters. The minimum Gasteiger partial charge on any atom is -0.389 e. The molecule has 3 rings (SSSR count). The van der Waals surface area contributed by atoms with Crippen molar-refractivity contribution in [3.05, 3.63) is 59.7 Å². The van der Waals surface area contributed by atoms with E-state index in [4.69, 9.17) is 5.73 Å². The minimum atomic E-state index is -0.0475. The summed E-state index contributed by atoms with van der Waals surface area (Å²) in [5, 5.41) is 3.63. The van der Waals surface area contributed by atoms with Gasteiger partial charge in [-0.15, -0.1) is 0 Å². The quantitative estimate of drug-likeness (QED) is 0.638. The molecule has 0 saturated heterocycles. The molecule has 3 N–H and O–H groups in total. The summed E-state index contributed by atoms with van der Waals surface area (Å²) in [6.45, 7) is 3.99. The lowest BCUT2D eigenvalue weighted by atomic mass is 10.1. The summed E-state index contributed by atoms with van der Waals surface area (Å²) >= 11 is 2.82. The molecule has 0 saturated carbocycles. The number of nitrogens with two attached hydrogens (primary N) is 1. The van der Waals surface area contributed by atoms with Gasteiger partial charge in [-0.2, -0.15) is 0 Å². The van der Waals surface area contributed by atoms with Gasteiger partial charge in [0.05, 0.1) is 5.75 Å². The number of nitrogen functional groups attached to an aromatic ring is 1. The van der Waals surface area contributed by atoms with E-state index in [-0.39, 0.29) is 5.91 Å². The van der Waals surface area contributed by atoms with Gasteiger partial charge in [-0.3, -0.25) is 4.79 Å². The minimum absolute atomic E-state index is 0.0475. The number of amides is 1. The highest BCUT2D eigenvalue weighted by molar-refractivity contribution is 8.01. The van der Waals surface area contributed by atoms with Crippen LogP contribution >= 0.6 is 23.1 Å². The predicted octanol–water partition coefficient (Wildman–Crippen LogP) is 4.74. The van der Waals surface area contributed by atoms with E-state index >= 15 is 0 Å². The van der Waals surface area contributed by atoms with Crippen LogP contribution in [0, 0.1) is 13.8 Å². The van der Waals surface area contributed by atoms with Crippen molar-refractivity contribution in [1.82, 2.24) is 4.98 Å². The molecule has 4 nitrogen and oxygen atoms in total. The molecule has 0 aliphatic rings. The number of nitrogens with one attached hydrogen (secondary N) is 1. The van der Waals surface area contributed by atoms with Crippen LogP contribution < -0.4 is 11.1 Å².